The number of nitrogens with one attached hydrogen (secondary N) is 1. The first kappa shape index (κ1) is 22.2. The molecule has 30 heavy (non-hydrogen) atoms. The number of nitrogens with two attached hydrogens (primary N) is 1. The normalized spacial score (nSPS) is 15.1. The van der Waals surface area contributed by atoms with Gasteiger partial charge in [0.2, 0.25) is 5.91 Å². The molecule has 0 atom stereocenters. The first-order valence-electron chi connectivity index (χ1n) is 10.5. The van der Waals surface area contributed by atoms with Crippen LogP contribution in [0, 0.1) is 0 Å². The Morgan fingerprint density at radius 2 is 1.80 bits per heavy atom. The van der Waals surface area contributed by atoms with E-state index in [1.54, 1.807) is 37.4 Å². The number of rotatable bonds is 6. The number of anilines is 1. The fraction of sp³-hybridized carbons (Fsp3) is 0.391. The van der Waals surface area contributed by atoms with Gasteiger partial charge in [-0.2, -0.15) is 0 Å². The topological polar surface area (TPSA) is 95.7 Å². The molecule has 3 rings (SSSR count). The monoisotopic (exact) mass is 425 g/mol. The standard InChI is InChI=1S/C23H31N3O3Si/c1-30(2,29)16-22(27)25-21-8-6-19(7-9-21)23(28)26-12-10-18(11-13-26)20-5-3-4-17(14-20)15-24/h3-9,14,18,29H,10-13,15-16,24H2,1-2H3,(H,25,27). The Balaban J connectivity index is 1.55. The van der Waals surface area contributed by atoms with Crippen LogP contribution in [0.5, 0.6) is 0 Å². The van der Waals surface area contributed by atoms with Crippen LogP contribution in [0.2, 0.25) is 19.1 Å². The Morgan fingerprint density at radius 3 is 2.40 bits per heavy atom. The zero-order chi connectivity index (χ0) is 21.7. The second-order valence-corrected chi connectivity index (χ2v) is 12.6. The highest BCUT2D eigenvalue weighted by Gasteiger charge is 2.25. The summed E-state index contributed by atoms with van der Waals surface area (Å²) in [6, 6.07) is 15.5. The molecule has 6 nitrogen and oxygen atoms in total. The van der Waals surface area contributed by atoms with Gasteiger partial charge in [0.15, 0.2) is 8.32 Å². The predicted octanol–water partition coefficient (Wildman–Crippen LogP) is 3.30. The highest BCUT2D eigenvalue weighted by atomic mass is 28.4. The minimum atomic E-state index is -2.44. The number of benzene rings is 2. The Bertz CT molecular complexity index is 885. The maximum atomic E-state index is 12.9. The van der Waals surface area contributed by atoms with Crippen LogP contribution in [0.3, 0.4) is 0 Å². The molecular formula is C23H31N3O3Si. The van der Waals surface area contributed by atoms with Gasteiger partial charge in [0.25, 0.3) is 5.91 Å². The summed E-state index contributed by atoms with van der Waals surface area (Å²) in [6.07, 6.45) is 1.88. The van der Waals surface area contributed by atoms with E-state index in [9.17, 15) is 14.4 Å². The highest BCUT2D eigenvalue weighted by Crippen LogP contribution is 2.29. The van der Waals surface area contributed by atoms with Crippen molar-refractivity contribution >= 4 is 25.8 Å². The third-order valence-electron chi connectivity index (χ3n) is 5.45. The van der Waals surface area contributed by atoms with Crippen LogP contribution in [-0.4, -0.2) is 42.9 Å². The molecule has 2 aromatic rings. The molecule has 0 saturated carbocycles. The Labute approximate surface area is 179 Å². The van der Waals surface area contributed by atoms with Crippen molar-refractivity contribution in [2.24, 2.45) is 5.73 Å². The quantitative estimate of drug-likeness (QED) is 0.619. The second kappa shape index (κ2) is 9.55. The summed E-state index contributed by atoms with van der Waals surface area (Å²) in [5, 5.41) is 2.78. The number of likely N-dealkylation sites (tertiary alicyclic amines) is 1. The lowest BCUT2D eigenvalue weighted by molar-refractivity contribution is -0.114. The second-order valence-electron chi connectivity index (χ2n) is 8.63. The van der Waals surface area contributed by atoms with Crippen molar-refractivity contribution in [2.75, 3.05) is 18.4 Å². The molecule has 0 aliphatic carbocycles. The molecule has 0 bridgehead atoms. The van der Waals surface area contributed by atoms with Gasteiger partial charge in [-0.15, -0.1) is 0 Å². The van der Waals surface area contributed by atoms with Crippen molar-refractivity contribution in [3.05, 3.63) is 65.2 Å². The van der Waals surface area contributed by atoms with E-state index in [2.05, 4.69) is 23.5 Å². The van der Waals surface area contributed by atoms with Gasteiger partial charge in [0, 0.05) is 36.9 Å². The molecule has 0 unspecified atom stereocenters. The average molecular weight is 426 g/mol. The molecule has 4 N–H and O–H groups in total. The SMILES string of the molecule is C[Si](C)(O)CC(=O)Nc1ccc(C(=O)N2CCC(c3cccc(CN)c3)CC2)cc1. The van der Waals surface area contributed by atoms with Crippen LogP contribution in [0.1, 0.15) is 40.2 Å². The van der Waals surface area contributed by atoms with Crippen LogP contribution in [0.25, 0.3) is 0 Å². The van der Waals surface area contributed by atoms with Crippen LogP contribution < -0.4 is 11.1 Å². The lowest BCUT2D eigenvalue weighted by Gasteiger charge is -2.32. The molecule has 0 aromatic heterocycles. The van der Waals surface area contributed by atoms with E-state index in [0.717, 1.165) is 31.5 Å². The van der Waals surface area contributed by atoms with Crippen LogP contribution in [0.4, 0.5) is 5.69 Å². The molecule has 1 saturated heterocycles. The largest absolute Gasteiger partial charge is 0.432 e. The summed E-state index contributed by atoms with van der Waals surface area (Å²) in [5.74, 6) is 0.275. The number of hydrogen-bond acceptors (Lipinski definition) is 4. The van der Waals surface area contributed by atoms with Crippen molar-refractivity contribution in [1.82, 2.24) is 4.90 Å². The molecule has 1 fully saturated rings. The van der Waals surface area contributed by atoms with E-state index in [1.807, 2.05) is 11.0 Å². The third kappa shape index (κ3) is 6.01. The molecule has 160 valence electrons. The smallest absolute Gasteiger partial charge is 0.253 e. The zero-order valence-electron chi connectivity index (χ0n) is 17.7. The van der Waals surface area contributed by atoms with E-state index in [-0.39, 0.29) is 17.9 Å². The van der Waals surface area contributed by atoms with E-state index in [0.29, 0.717) is 23.7 Å². The van der Waals surface area contributed by atoms with E-state index in [1.165, 1.54) is 5.56 Å². The van der Waals surface area contributed by atoms with Crippen molar-refractivity contribution in [3.63, 3.8) is 0 Å². The van der Waals surface area contributed by atoms with Gasteiger partial charge in [0.1, 0.15) is 0 Å². The molecule has 0 radical (unpaired) electrons. The van der Waals surface area contributed by atoms with Crippen LogP contribution in [0.15, 0.2) is 48.5 Å². The highest BCUT2D eigenvalue weighted by molar-refractivity contribution is 6.73. The molecular weight excluding hydrogens is 394 g/mol. The molecule has 0 spiro atoms. The summed E-state index contributed by atoms with van der Waals surface area (Å²) >= 11 is 0. The number of hydrogen-bond donors (Lipinski definition) is 3. The summed E-state index contributed by atoms with van der Waals surface area (Å²) in [6.45, 7) is 5.45. The maximum absolute atomic E-state index is 12.9. The fourth-order valence-corrected chi connectivity index (χ4v) is 4.74. The summed E-state index contributed by atoms with van der Waals surface area (Å²) < 4.78 is 0. The van der Waals surface area contributed by atoms with E-state index >= 15 is 0 Å². The number of nitrogens with zero attached hydrogens (tertiary/aromatic N) is 1. The molecule has 1 heterocycles. The summed E-state index contributed by atoms with van der Waals surface area (Å²) in [4.78, 5) is 36.6. The predicted molar refractivity (Wildman–Crippen MR) is 122 cm³/mol. The van der Waals surface area contributed by atoms with Crippen molar-refractivity contribution in [1.29, 1.82) is 0 Å². The molecule has 1 aliphatic rings. The van der Waals surface area contributed by atoms with Crippen molar-refractivity contribution in [2.45, 2.75) is 44.4 Å². The molecule has 2 amide bonds. The molecule has 7 heteroatoms. The first-order valence-corrected chi connectivity index (χ1v) is 13.6. The number of amides is 2. The minimum absolute atomic E-state index is 0.0194. The van der Waals surface area contributed by atoms with Crippen molar-refractivity contribution in [3.8, 4) is 0 Å². The van der Waals surface area contributed by atoms with Gasteiger partial charge in [-0.05, 0) is 67.2 Å². The fourth-order valence-electron chi connectivity index (χ4n) is 3.87. The number of carbonyl (C=O) groups excluding carboxylic acids is 2. The summed E-state index contributed by atoms with van der Waals surface area (Å²) in [7, 11) is -2.44. The van der Waals surface area contributed by atoms with E-state index in [4.69, 9.17) is 5.73 Å². The lowest BCUT2D eigenvalue weighted by Crippen LogP contribution is -2.37. The zero-order valence-corrected chi connectivity index (χ0v) is 18.7. The minimum Gasteiger partial charge on any atom is -0.432 e. The van der Waals surface area contributed by atoms with Crippen LogP contribution in [-0.2, 0) is 11.3 Å². The van der Waals surface area contributed by atoms with Crippen molar-refractivity contribution < 1.29 is 14.4 Å². The van der Waals surface area contributed by atoms with Gasteiger partial charge in [-0.1, -0.05) is 24.3 Å². The van der Waals surface area contributed by atoms with Crippen LogP contribution >= 0.6 is 0 Å². The third-order valence-corrected chi connectivity index (χ3v) is 6.64. The number of piperidine rings is 1. The number of carbonyl (C=O) groups is 2. The molecule has 1 aliphatic heterocycles. The Morgan fingerprint density at radius 1 is 1.13 bits per heavy atom. The van der Waals surface area contributed by atoms with Gasteiger partial charge >= 0.3 is 0 Å². The Hall–Kier alpha value is -2.48. The summed E-state index contributed by atoms with van der Waals surface area (Å²) in [5.41, 5.74) is 9.45. The lowest BCUT2D eigenvalue weighted by atomic mass is 9.88. The first-order chi connectivity index (χ1) is 14.2. The maximum Gasteiger partial charge on any atom is 0.253 e. The van der Waals surface area contributed by atoms with Gasteiger partial charge in [-0.3, -0.25) is 9.59 Å². The van der Waals surface area contributed by atoms with Gasteiger partial charge < -0.3 is 20.7 Å². The molecule has 2 aromatic carbocycles. The average Bonchev–Trinajstić information content (AvgIpc) is 2.72. The van der Waals surface area contributed by atoms with Gasteiger partial charge in [0.05, 0.1) is 0 Å². The van der Waals surface area contributed by atoms with Gasteiger partial charge in [-0.25, -0.2) is 0 Å². The van der Waals surface area contributed by atoms with E-state index < -0.39 is 8.32 Å². The Kier molecular flexibility index (Phi) is 7.07.